The molecular weight excluding hydrogens is 472 g/mol. The third kappa shape index (κ3) is 4.32. The van der Waals surface area contributed by atoms with Gasteiger partial charge in [-0.2, -0.15) is 0 Å². The summed E-state index contributed by atoms with van der Waals surface area (Å²) in [5.74, 6) is 0.162. The number of anilines is 1. The molecule has 0 spiro atoms. The molecule has 2 saturated heterocycles. The Kier molecular flexibility index (Phi) is 6.62. The lowest BCUT2D eigenvalue weighted by Crippen LogP contribution is -2.47. The minimum absolute atomic E-state index is 0.0678. The number of aryl methyl sites for hydroxylation is 2. The van der Waals surface area contributed by atoms with Crippen LogP contribution >= 0.6 is 0 Å². The van der Waals surface area contributed by atoms with Crippen molar-refractivity contribution in [1.82, 2.24) is 14.0 Å². The minimum atomic E-state index is -0.761. The zero-order chi connectivity index (χ0) is 26.3. The Balaban J connectivity index is 1.52. The molecule has 0 radical (unpaired) electrons. The molecule has 3 heterocycles. The van der Waals surface area contributed by atoms with Crippen LogP contribution in [0.3, 0.4) is 0 Å². The Morgan fingerprint density at radius 2 is 1.70 bits per heavy atom. The first-order valence-corrected chi connectivity index (χ1v) is 12.7. The van der Waals surface area contributed by atoms with Gasteiger partial charge in [-0.15, -0.1) is 0 Å². The van der Waals surface area contributed by atoms with Crippen LogP contribution in [0.5, 0.6) is 5.75 Å². The molecule has 5 rings (SSSR count). The summed E-state index contributed by atoms with van der Waals surface area (Å²) in [6.07, 6.45) is 3.05. The molecule has 2 amide bonds. The first-order valence-electron chi connectivity index (χ1n) is 12.7. The standard InChI is InChI=1S/C28H32N4O5/c1-18-4-9-22-26(25(18)30-14-12-20(17-33)13-15-30)29(2)28(36)32(22)23-10-11-24(34)31(27(23)35)16-19-5-7-21(37-3)8-6-19/h4-9,17,20,23H,10-16H2,1-3H3. The van der Waals surface area contributed by atoms with Gasteiger partial charge in [-0.25, -0.2) is 4.79 Å². The predicted octanol–water partition coefficient (Wildman–Crippen LogP) is 2.96. The van der Waals surface area contributed by atoms with Gasteiger partial charge in [0.05, 0.1) is 30.4 Å². The van der Waals surface area contributed by atoms with Crippen molar-refractivity contribution >= 4 is 34.8 Å². The van der Waals surface area contributed by atoms with Crippen molar-refractivity contribution in [1.29, 1.82) is 0 Å². The maximum Gasteiger partial charge on any atom is 0.329 e. The summed E-state index contributed by atoms with van der Waals surface area (Å²) in [6, 6.07) is 10.4. The number of nitrogens with zero attached hydrogens (tertiary/aromatic N) is 4. The number of imidazole rings is 1. The van der Waals surface area contributed by atoms with Gasteiger partial charge in [0.15, 0.2) is 0 Å². The molecular formula is C28H32N4O5. The Bertz CT molecular complexity index is 1410. The average molecular weight is 505 g/mol. The van der Waals surface area contributed by atoms with Gasteiger partial charge in [0.25, 0.3) is 5.91 Å². The number of rotatable bonds is 6. The molecule has 0 N–H and O–H groups in total. The molecule has 2 aromatic carbocycles. The van der Waals surface area contributed by atoms with E-state index in [1.165, 1.54) is 4.90 Å². The molecule has 9 heteroatoms. The van der Waals surface area contributed by atoms with Gasteiger partial charge in [-0.3, -0.25) is 23.6 Å². The van der Waals surface area contributed by atoms with E-state index in [1.54, 1.807) is 35.4 Å². The third-order valence-corrected chi connectivity index (χ3v) is 7.76. The zero-order valence-electron chi connectivity index (χ0n) is 21.5. The molecule has 1 atom stereocenters. The second-order valence-corrected chi connectivity index (χ2v) is 9.99. The Morgan fingerprint density at radius 1 is 1.00 bits per heavy atom. The molecule has 3 aromatic rings. The van der Waals surface area contributed by atoms with Crippen molar-refractivity contribution in [3.63, 3.8) is 0 Å². The lowest BCUT2D eigenvalue weighted by Gasteiger charge is -2.33. The van der Waals surface area contributed by atoms with Gasteiger partial charge < -0.3 is 14.4 Å². The van der Waals surface area contributed by atoms with E-state index in [4.69, 9.17) is 4.74 Å². The first-order chi connectivity index (χ1) is 17.8. The second-order valence-electron chi connectivity index (χ2n) is 9.99. The summed E-state index contributed by atoms with van der Waals surface area (Å²) >= 11 is 0. The van der Waals surface area contributed by atoms with Crippen molar-refractivity contribution in [2.75, 3.05) is 25.1 Å². The fraction of sp³-hybridized carbons (Fsp3) is 0.429. The molecule has 2 fully saturated rings. The number of hydrogen-bond acceptors (Lipinski definition) is 6. The highest BCUT2D eigenvalue weighted by Gasteiger charge is 2.38. The summed E-state index contributed by atoms with van der Waals surface area (Å²) in [6.45, 7) is 3.63. The van der Waals surface area contributed by atoms with Crippen LogP contribution in [0, 0.1) is 12.8 Å². The van der Waals surface area contributed by atoms with Crippen molar-refractivity contribution < 1.29 is 19.1 Å². The van der Waals surface area contributed by atoms with Crippen molar-refractivity contribution in [2.45, 2.75) is 45.2 Å². The van der Waals surface area contributed by atoms with Gasteiger partial charge in [0.2, 0.25) is 5.91 Å². The SMILES string of the molecule is COc1ccc(CN2C(=O)CCC(n3c(=O)n(C)c4c(N5CCC(C=O)CC5)c(C)ccc43)C2=O)cc1. The summed E-state index contributed by atoms with van der Waals surface area (Å²) in [5.41, 5.74) is 4.00. The monoisotopic (exact) mass is 504 g/mol. The molecule has 37 heavy (non-hydrogen) atoms. The zero-order valence-corrected chi connectivity index (χ0v) is 21.5. The fourth-order valence-electron chi connectivity index (χ4n) is 5.66. The van der Waals surface area contributed by atoms with E-state index >= 15 is 0 Å². The van der Waals surface area contributed by atoms with Crippen LogP contribution in [0.25, 0.3) is 11.0 Å². The minimum Gasteiger partial charge on any atom is -0.497 e. The topological polar surface area (TPSA) is 93.8 Å². The number of likely N-dealkylation sites (tertiary alicyclic amines) is 1. The highest BCUT2D eigenvalue weighted by Crippen LogP contribution is 2.35. The summed E-state index contributed by atoms with van der Waals surface area (Å²) in [4.78, 5) is 54.8. The number of fused-ring (bicyclic) bond motifs is 1. The first kappa shape index (κ1) is 24.8. The summed E-state index contributed by atoms with van der Waals surface area (Å²) in [5, 5.41) is 0. The van der Waals surface area contributed by atoms with E-state index in [9.17, 15) is 19.2 Å². The van der Waals surface area contributed by atoms with Gasteiger partial charge in [-0.1, -0.05) is 18.2 Å². The van der Waals surface area contributed by atoms with E-state index in [1.807, 2.05) is 31.2 Å². The van der Waals surface area contributed by atoms with Crippen LogP contribution in [-0.2, 0) is 28.0 Å². The van der Waals surface area contributed by atoms with Gasteiger partial charge in [0, 0.05) is 32.5 Å². The molecule has 0 aliphatic carbocycles. The highest BCUT2D eigenvalue weighted by atomic mass is 16.5. The molecule has 0 bridgehead atoms. The molecule has 2 aliphatic rings. The van der Waals surface area contributed by atoms with Crippen molar-refractivity contribution in [2.24, 2.45) is 13.0 Å². The number of piperidine rings is 2. The quantitative estimate of drug-likeness (QED) is 0.379. The highest BCUT2D eigenvalue weighted by molar-refractivity contribution is 6.01. The van der Waals surface area contributed by atoms with Crippen LogP contribution in [0.2, 0.25) is 0 Å². The van der Waals surface area contributed by atoms with Crippen LogP contribution < -0.4 is 15.3 Å². The molecule has 1 unspecified atom stereocenters. The molecule has 1 aromatic heterocycles. The summed E-state index contributed by atoms with van der Waals surface area (Å²) < 4.78 is 8.37. The lowest BCUT2D eigenvalue weighted by atomic mass is 9.97. The number of amides is 2. The molecule has 2 aliphatic heterocycles. The van der Waals surface area contributed by atoms with Gasteiger partial charge >= 0.3 is 5.69 Å². The lowest BCUT2D eigenvalue weighted by molar-refractivity contribution is -0.151. The normalized spacial score (nSPS) is 19.1. The number of aldehydes is 1. The van der Waals surface area contributed by atoms with E-state index in [0.717, 1.165) is 54.5 Å². The van der Waals surface area contributed by atoms with Crippen LogP contribution in [0.15, 0.2) is 41.2 Å². The molecule has 0 saturated carbocycles. The Hall–Kier alpha value is -3.88. The second kappa shape index (κ2) is 9.88. The smallest absolute Gasteiger partial charge is 0.329 e. The number of aromatic nitrogens is 2. The molecule has 9 nitrogen and oxygen atoms in total. The van der Waals surface area contributed by atoms with E-state index in [0.29, 0.717) is 11.3 Å². The Labute approximate surface area is 215 Å². The average Bonchev–Trinajstić information content (AvgIpc) is 3.16. The maximum atomic E-state index is 13.7. The van der Waals surface area contributed by atoms with Crippen molar-refractivity contribution in [3.05, 3.63) is 58.0 Å². The summed E-state index contributed by atoms with van der Waals surface area (Å²) in [7, 11) is 3.31. The Morgan fingerprint density at radius 3 is 2.35 bits per heavy atom. The van der Waals surface area contributed by atoms with Gasteiger partial charge in [-0.05, 0) is 55.5 Å². The van der Waals surface area contributed by atoms with Crippen LogP contribution in [0.4, 0.5) is 5.69 Å². The van der Waals surface area contributed by atoms with E-state index < -0.39 is 6.04 Å². The van der Waals surface area contributed by atoms with Gasteiger partial charge in [0.1, 0.15) is 18.1 Å². The number of ether oxygens (including phenoxy) is 1. The number of carbonyl (C=O) groups excluding carboxylic acids is 3. The van der Waals surface area contributed by atoms with Crippen LogP contribution in [-0.4, -0.2) is 52.3 Å². The number of carbonyl (C=O) groups is 3. The number of imide groups is 1. The largest absolute Gasteiger partial charge is 0.497 e. The fourth-order valence-corrected chi connectivity index (χ4v) is 5.66. The van der Waals surface area contributed by atoms with E-state index in [-0.39, 0.29) is 42.8 Å². The number of methoxy groups -OCH3 is 1. The van der Waals surface area contributed by atoms with Crippen molar-refractivity contribution in [3.8, 4) is 5.75 Å². The van der Waals surface area contributed by atoms with E-state index in [2.05, 4.69) is 4.90 Å². The predicted molar refractivity (Wildman–Crippen MR) is 140 cm³/mol. The molecule has 194 valence electrons. The van der Waals surface area contributed by atoms with Crippen LogP contribution in [0.1, 0.15) is 42.9 Å². The number of hydrogen-bond donors (Lipinski definition) is 0. The third-order valence-electron chi connectivity index (χ3n) is 7.76. The number of benzene rings is 2. The maximum absolute atomic E-state index is 13.7.